The van der Waals surface area contributed by atoms with Crippen molar-refractivity contribution >= 4 is 16.8 Å². The van der Waals surface area contributed by atoms with Crippen molar-refractivity contribution in [3.8, 4) is 17.2 Å². The van der Waals surface area contributed by atoms with Gasteiger partial charge in [0.2, 0.25) is 5.91 Å². The molecule has 5 rings (SSSR count). The van der Waals surface area contributed by atoms with E-state index in [1.807, 2.05) is 0 Å². The van der Waals surface area contributed by atoms with Crippen molar-refractivity contribution in [2.45, 2.75) is 18.8 Å². The normalized spacial score (nSPS) is 15.9. The maximum absolute atomic E-state index is 14.9. The highest BCUT2D eigenvalue weighted by molar-refractivity contribution is 5.87. The summed E-state index contributed by atoms with van der Waals surface area (Å²) >= 11 is 0. The molecule has 1 unspecified atom stereocenters. The van der Waals surface area contributed by atoms with Gasteiger partial charge in [0.1, 0.15) is 5.75 Å². The van der Waals surface area contributed by atoms with Gasteiger partial charge in [0.25, 0.3) is 0 Å². The standard InChI is InChI=1S/C26H21F3N4O2/c1-2-23(34)32-12-4-5-16(15-32)25-24-21(29)13-30-14-22(24)33(31-25)17-8-10-18(11-9-17)35-26-19(27)6-3-7-20(26)28/h2-3,6-11,13-14,16H,1,4-5,12,15H2. The minimum Gasteiger partial charge on any atom is -0.451 e. The van der Waals surface area contributed by atoms with Crippen molar-refractivity contribution < 1.29 is 22.7 Å². The molecule has 1 saturated heterocycles. The number of hydrogen-bond donors (Lipinski definition) is 0. The molecular formula is C26H21F3N4O2. The summed E-state index contributed by atoms with van der Waals surface area (Å²) in [6.07, 6.45) is 5.48. The number of carbonyl (C=O) groups excluding carboxylic acids is 1. The lowest BCUT2D eigenvalue weighted by Crippen LogP contribution is -2.38. The van der Waals surface area contributed by atoms with Crippen LogP contribution in [-0.2, 0) is 4.79 Å². The second-order valence-electron chi connectivity index (χ2n) is 8.29. The first-order valence-electron chi connectivity index (χ1n) is 11.1. The van der Waals surface area contributed by atoms with E-state index in [2.05, 4.69) is 11.6 Å². The predicted octanol–water partition coefficient (Wildman–Crippen LogP) is 5.52. The second-order valence-corrected chi connectivity index (χ2v) is 8.29. The van der Waals surface area contributed by atoms with E-state index in [0.717, 1.165) is 31.2 Å². The number of ether oxygens (including phenoxy) is 1. The second kappa shape index (κ2) is 9.25. The predicted molar refractivity (Wildman–Crippen MR) is 124 cm³/mol. The molecule has 1 fully saturated rings. The van der Waals surface area contributed by atoms with Crippen molar-refractivity contribution in [3.05, 3.63) is 90.7 Å². The van der Waals surface area contributed by atoms with Gasteiger partial charge in [-0.25, -0.2) is 17.9 Å². The van der Waals surface area contributed by atoms with Crippen LogP contribution in [0.3, 0.4) is 0 Å². The van der Waals surface area contributed by atoms with Gasteiger partial charge in [0.05, 0.1) is 34.7 Å². The minimum atomic E-state index is -0.810. The van der Waals surface area contributed by atoms with Gasteiger partial charge in [-0.2, -0.15) is 5.10 Å². The Labute approximate surface area is 199 Å². The maximum Gasteiger partial charge on any atom is 0.245 e. The average molecular weight is 478 g/mol. The molecule has 0 saturated carbocycles. The first-order chi connectivity index (χ1) is 17.0. The number of rotatable bonds is 5. The number of para-hydroxylation sites is 1. The van der Waals surface area contributed by atoms with Crippen molar-refractivity contribution in [1.82, 2.24) is 19.7 Å². The molecule has 2 aromatic carbocycles. The Kier molecular flexibility index (Phi) is 5.98. The quantitative estimate of drug-likeness (QED) is 0.355. The van der Waals surface area contributed by atoms with Crippen LogP contribution in [0.1, 0.15) is 24.5 Å². The lowest BCUT2D eigenvalue weighted by molar-refractivity contribution is -0.127. The third kappa shape index (κ3) is 4.25. The molecule has 3 heterocycles. The molecule has 1 atom stereocenters. The summed E-state index contributed by atoms with van der Waals surface area (Å²) in [5, 5.41) is 5.07. The first kappa shape index (κ1) is 22.6. The smallest absolute Gasteiger partial charge is 0.245 e. The van der Waals surface area contributed by atoms with E-state index in [-0.39, 0.29) is 17.6 Å². The molecule has 35 heavy (non-hydrogen) atoms. The highest BCUT2D eigenvalue weighted by Crippen LogP contribution is 2.34. The Bertz CT molecular complexity index is 1400. The minimum absolute atomic E-state index is 0.153. The van der Waals surface area contributed by atoms with Gasteiger partial charge in [0, 0.05) is 19.0 Å². The van der Waals surface area contributed by atoms with E-state index in [0.29, 0.717) is 35.4 Å². The molecule has 1 amide bonds. The van der Waals surface area contributed by atoms with Crippen LogP contribution < -0.4 is 4.74 Å². The molecule has 1 aliphatic rings. The largest absolute Gasteiger partial charge is 0.451 e. The van der Waals surface area contributed by atoms with Gasteiger partial charge >= 0.3 is 0 Å². The maximum atomic E-state index is 14.9. The SMILES string of the molecule is C=CC(=O)N1CCCC(c2nn(-c3ccc(Oc4c(F)cccc4F)cc3)c3cncc(F)c23)C1. The lowest BCUT2D eigenvalue weighted by Gasteiger charge is -2.31. The Morgan fingerprint density at radius 3 is 2.51 bits per heavy atom. The van der Waals surface area contributed by atoms with E-state index >= 15 is 0 Å². The summed E-state index contributed by atoms with van der Waals surface area (Å²) < 4.78 is 49.7. The molecule has 0 spiro atoms. The zero-order valence-corrected chi connectivity index (χ0v) is 18.6. The highest BCUT2D eigenvalue weighted by atomic mass is 19.1. The van der Waals surface area contributed by atoms with Crippen LogP contribution >= 0.6 is 0 Å². The van der Waals surface area contributed by atoms with Crippen LogP contribution in [0.15, 0.2) is 67.5 Å². The number of halogens is 3. The number of hydrogen-bond acceptors (Lipinski definition) is 4. The number of likely N-dealkylation sites (tertiary alicyclic amines) is 1. The Morgan fingerprint density at radius 2 is 1.80 bits per heavy atom. The molecule has 1 aliphatic heterocycles. The van der Waals surface area contributed by atoms with Crippen LogP contribution in [-0.4, -0.2) is 38.7 Å². The molecule has 0 N–H and O–H groups in total. The van der Waals surface area contributed by atoms with Gasteiger partial charge in [-0.15, -0.1) is 0 Å². The number of fused-ring (bicyclic) bond motifs is 1. The Hall–Kier alpha value is -4.14. The van der Waals surface area contributed by atoms with Crippen molar-refractivity contribution in [3.63, 3.8) is 0 Å². The molecule has 9 heteroatoms. The third-order valence-corrected chi connectivity index (χ3v) is 6.09. The average Bonchev–Trinajstić information content (AvgIpc) is 3.27. The Balaban J connectivity index is 1.50. The van der Waals surface area contributed by atoms with E-state index < -0.39 is 23.2 Å². The fraction of sp³-hybridized carbons (Fsp3) is 0.192. The van der Waals surface area contributed by atoms with Crippen LogP contribution in [0.25, 0.3) is 16.6 Å². The fourth-order valence-electron chi connectivity index (χ4n) is 4.42. The van der Waals surface area contributed by atoms with Crippen molar-refractivity contribution in [2.75, 3.05) is 13.1 Å². The summed E-state index contributed by atoms with van der Waals surface area (Å²) in [4.78, 5) is 17.8. The molecule has 178 valence electrons. The zero-order chi connectivity index (χ0) is 24.5. The van der Waals surface area contributed by atoms with Crippen molar-refractivity contribution in [2.24, 2.45) is 0 Å². The third-order valence-electron chi connectivity index (χ3n) is 6.09. The number of amides is 1. The van der Waals surface area contributed by atoms with Gasteiger partial charge in [0.15, 0.2) is 23.2 Å². The van der Waals surface area contributed by atoms with Crippen LogP contribution in [0.4, 0.5) is 13.2 Å². The number of carbonyl (C=O) groups is 1. The topological polar surface area (TPSA) is 60.2 Å². The summed E-state index contributed by atoms with van der Waals surface area (Å²) in [6.45, 7) is 4.59. The highest BCUT2D eigenvalue weighted by Gasteiger charge is 2.29. The molecular weight excluding hydrogens is 457 g/mol. The number of pyridine rings is 1. The summed E-state index contributed by atoms with van der Waals surface area (Å²) in [7, 11) is 0. The first-order valence-corrected chi connectivity index (χ1v) is 11.1. The molecule has 6 nitrogen and oxygen atoms in total. The Morgan fingerprint density at radius 1 is 1.06 bits per heavy atom. The van der Waals surface area contributed by atoms with Crippen molar-refractivity contribution in [1.29, 1.82) is 0 Å². The summed E-state index contributed by atoms with van der Waals surface area (Å²) in [5.41, 5.74) is 1.61. The lowest BCUT2D eigenvalue weighted by atomic mass is 9.93. The molecule has 0 radical (unpaired) electrons. The molecule has 4 aromatic rings. The number of aromatic nitrogens is 3. The molecule has 0 bridgehead atoms. The molecule has 0 aliphatic carbocycles. The number of piperidine rings is 1. The van der Waals surface area contributed by atoms with Gasteiger partial charge in [-0.05, 0) is 55.3 Å². The summed E-state index contributed by atoms with van der Waals surface area (Å²) in [6, 6.07) is 9.89. The van der Waals surface area contributed by atoms with Crippen LogP contribution in [0.5, 0.6) is 11.5 Å². The van der Waals surface area contributed by atoms with E-state index in [1.54, 1.807) is 33.8 Å². The van der Waals surface area contributed by atoms with Gasteiger partial charge in [-0.1, -0.05) is 12.6 Å². The van der Waals surface area contributed by atoms with Gasteiger partial charge < -0.3 is 9.64 Å². The zero-order valence-electron chi connectivity index (χ0n) is 18.6. The number of benzene rings is 2. The van der Waals surface area contributed by atoms with E-state index in [9.17, 15) is 18.0 Å². The van der Waals surface area contributed by atoms with E-state index in [4.69, 9.17) is 9.84 Å². The van der Waals surface area contributed by atoms with Crippen LogP contribution in [0.2, 0.25) is 0 Å². The monoisotopic (exact) mass is 478 g/mol. The fourth-order valence-corrected chi connectivity index (χ4v) is 4.42. The van der Waals surface area contributed by atoms with E-state index in [1.165, 1.54) is 18.3 Å². The molecule has 2 aromatic heterocycles. The van der Waals surface area contributed by atoms with Crippen LogP contribution in [0, 0.1) is 17.5 Å². The van der Waals surface area contributed by atoms with Gasteiger partial charge in [-0.3, -0.25) is 9.78 Å². The number of nitrogens with zero attached hydrogens (tertiary/aromatic N) is 4. The summed E-state index contributed by atoms with van der Waals surface area (Å²) in [5.74, 6) is -2.70.